The zero-order valence-electron chi connectivity index (χ0n) is 39.7. The maximum atomic E-state index is 2.67. The summed E-state index contributed by atoms with van der Waals surface area (Å²) in [4.78, 5) is 2.60. The molecule has 0 radical (unpaired) electrons. The van der Waals surface area contributed by atoms with Gasteiger partial charge in [0.2, 0.25) is 0 Å². The molecule has 1 aromatic heterocycles. The highest BCUT2D eigenvalue weighted by Gasteiger charge is 2.53. The molecule has 4 aliphatic rings. The van der Waals surface area contributed by atoms with Gasteiger partial charge in [0.1, 0.15) is 0 Å². The van der Waals surface area contributed by atoms with Crippen LogP contribution in [0, 0.1) is 0 Å². The first-order valence-corrected chi connectivity index (χ1v) is 25.4. The van der Waals surface area contributed by atoms with Gasteiger partial charge in [0.15, 0.2) is 0 Å². The molecular weight excluding hydrogens is 839 g/mol. The van der Waals surface area contributed by atoms with Crippen LogP contribution in [0.1, 0.15) is 98.9 Å². The third kappa shape index (κ3) is 5.17. The Morgan fingerprint density at radius 3 is 1.65 bits per heavy atom. The maximum absolute atomic E-state index is 2.67. The number of benzene rings is 9. The molecule has 2 heteroatoms. The molecule has 0 amide bonds. The van der Waals surface area contributed by atoms with E-state index in [1.165, 1.54) is 133 Å². The Kier molecular flexibility index (Phi) is 8.14. The van der Waals surface area contributed by atoms with E-state index in [1.807, 2.05) is 11.3 Å². The van der Waals surface area contributed by atoms with Crippen LogP contribution in [0.25, 0.3) is 64.7 Å². The number of para-hydroxylation sites is 1. The third-order valence-corrected chi connectivity index (χ3v) is 18.2. The summed E-state index contributed by atoms with van der Waals surface area (Å²) in [5, 5.41) is 2.60. The Labute approximate surface area is 404 Å². The highest BCUT2D eigenvalue weighted by atomic mass is 32.1. The Hall–Kier alpha value is -7.00. The van der Waals surface area contributed by atoms with Crippen molar-refractivity contribution in [2.24, 2.45) is 0 Å². The first-order valence-electron chi connectivity index (χ1n) is 24.6. The molecule has 0 unspecified atom stereocenters. The Morgan fingerprint density at radius 2 is 0.897 bits per heavy atom. The van der Waals surface area contributed by atoms with E-state index in [4.69, 9.17) is 0 Å². The maximum Gasteiger partial charge on any atom is 0.0725 e. The van der Waals surface area contributed by atoms with E-state index in [9.17, 15) is 0 Å². The average molecular weight is 892 g/mol. The lowest BCUT2D eigenvalue weighted by molar-refractivity contribution is 0.331. The van der Waals surface area contributed by atoms with Gasteiger partial charge in [-0.3, -0.25) is 0 Å². The van der Waals surface area contributed by atoms with Crippen LogP contribution >= 0.6 is 11.3 Å². The third-order valence-electron chi connectivity index (χ3n) is 17.0. The van der Waals surface area contributed by atoms with Crippen LogP contribution in [0.2, 0.25) is 0 Å². The molecule has 0 saturated heterocycles. The molecule has 1 nitrogen and oxygen atoms in total. The van der Waals surface area contributed by atoms with Gasteiger partial charge in [0, 0.05) is 32.1 Å². The van der Waals surface area contributed by atoms with Crippen molar-refractivity contribution in [3.8, 4) is 44.5 Å². The van der Waals surface area contributed by atoms with Crippen molar-refractivity contribution in [2.75, 3.05) is 4.90 Å². The number of thiophene rings is 1. The molecule has 328 valence electrons. The largest absolute Gasteiger partial charge is 0.308 e. The molecule has 0 atom stereocenters. The summed E-state index contributed by atoms with van der Waals surface area (Å²) < 4.78 is 2.60. The number of anilines is 3. The normalized spacial score (nSPS) is 16.7. The number of rotatable bonds is 4. The predicted molar refractivity (Wildman–Crippen MR) is 289 cm³/mol. The minimum atomic E-state index is -0.442. The van der Waals surface area contributed by atoms with Gasteiger partial charge < -0.3 is 4.90 Å². The van der Waals surface area contributed by atoms with Gasteiger partial charge in [0.25, 0.3) is 0 Å². The fraction of sp³-hybridized carbons (Fsp3) is 0.182. The fourth-order valence-corrected chi connectivity index (χ4v) is 14.7. The van der Waals surface area contributed by atoms with Gasteiger partial charge in [-0.25, -0.2) is 0 Å². The van der Waals surface area contributed by atoms with Gasteiger partial charge >= 0.3 is 0 Å². The molecule has 14 rings (SSSR count). The Bertz CT molecular complexity index is 3750. The van der Waals surface area contributed by atoms with E-state index in [1.54, 1.807) is 0 Å². The van der Waals surface area contributed by atoms with E-state index in [0.717, 1.165) is 5.69 Å². The van der Waals surface area contributed by atoms with Gasteiger partial charge in [-0.2, -0.15) is 0 Å². The van der Waals surface area contributed by atoms with Crippen LogP contribution in [-0.4, -0.2) is 0 Å². The minimum absolute atomic E-state index is 0.0593. The molecule has 0 N–H and O–H groups in total. The lowest BCUT2D eigenvalue weighted by atomic mass is 9.61. The van der Waals surface area contributed by atoms with Crippen molar-refractivity contribution in [3.63, 3.8) is 0 Å². The van der Waals surface area contributed by atoms with Crippen molar-refractivity contribution < 1.29 is 0 Å². The Morgan fingerprint density at radius 1 is 0.368 bits per heavy atom. The van der Waals surface area contributed by atoms with Crippen LogP contribution in [0.3, 0.4) is 0 Å². The van der Waals surface area contributed by atoms with Crippen molar-refractivity contribution >= 4 is 48.6 Å². The second-order valence-corrected chi connectivity index (χ2v) is 22.8. The van der Waals surface area contributed by atoms with E-state index >= 15 is 0 Å². The lowest BCUT2D eigenvalue weighted by Crippen LogP contribution is -2.35. The fourth-order valence-electron chi connectivity index (χ4n) is 13.5. The molecule has 1 spiro atoms. The summed E-state index contributed by atoms with van der Waals surface area (Å²) in [5.74, 6) is 0. The topological polar surface area (TPSA) is 3.24 Å². The summed E-state index contributed by atoms with van der Waals surface area (Å²) in [7, 11) is 0. The van der Waals surface area contributed by atoms with Crippen molar-refractivity contribution in [3.05, 3.63) is 233 Å². The predicted octanol–water partition coefficient (Wildman–Crippen LogP) is 18.2. The van der Waals surface area contributed by atoms with Crippen LogP contribution in [0.15, 0.2) is 188 Å². The molecule has 9 aromatic carbocycles. The monoisotopic (exact) mass is 891 g/mol. The highest BCUT2D eigenvalue weighted by Crippen LogP contribution is 2.65. The van der Waals surface area contributed by atoms with E-state index in [2.05, 4.69) is 234 Å². The number of hydrogen-bond donors (Lipinski definition) is 0. The number of hydrogen-bond acceptors (Lipinski definition) is 2. The van der Waals surface area contributed by atoms with Crippen molar-refractivity contribution in [2.45, 2.75) is 76.0 Å². The highest BCUT2D eigenvalue weighted by molar-refractivity contribution is 7.26. The molecular formula is C66H53NS. The summed E-state index contributed by atoms with van der Waals surface area (Å²) in [6.45, 7) is 14.7. The molecule has 0 bridgehead atoms. The second-order valence-electron chi connectivity index (χ2n) is 21.8. The van der Waals surface area contributed by atoms with E-state index < -0.39 is 5.41 Å². The summed E-state index contributed by atoms with van der Waals surface area (Å²) in [6, 6.07) is 72.4. The van der Waals surface area contributed by atoms with E-state index in [-0.39, 0.29) is 16.2 Å². The number of nitrogens with zero attached hydrogens (tertiary/aromatic N) is 1. The van der Waals surface area contributed by atoms with Gasteiger partial charge in [-0.15, -0.1) is 11.3 Å². The summed E-state index contributed by atoms with van der Waals surface area (Å²) in [5.41, 5.74) is 25.0. The summed E-state index contributed by atoms with van der Waals surface area (Å²) in [6.07, 6.45) is 2.35. The number of fused-ring (bicyclic) bond motifs is 17. The molecule has 4 aliphatic carbocycles. The van der Waals surface area contributed by atoms with Crippen LogP contribution in [0.5, 0.6) is 0 Å². The molecule has 0 aliphatic heterocycles. The smallest absolute Gasteiger partial charge is 0.0725 e. The SMILES string of the molecule is CC1(C)CCC(C)(C)c2cc3c(cc21)-c1cc(N(c2ccccc2-c2cccc4c2-c2ccccc2C4(C)C)c2cccc4c2sc2ccccc24)ccc1C31c2ccccc2-c2ccccc21. The van der Waals surface area contributed by atoms with Crippen molar-refractivity contribution in [1.29, 1.82) is 0 Å². The minimum Gasteiger partial charge on any atom is -0.308 e. The van der Waals surface area contributed by atoms with Crippen LogP contribution in [-0.2, 0) is 21.7 Å². The zero-order chi connectivity index (χ0) is 45.9. The van der Waals surface area contributed by atoms with Crippen LogP contribution < -0.4 is 4.90 Å². The van der Waals surface area contributed by atoms with Gasteiger partial charge in [-0.05, 0) is 144 Å². The second kappa shape index (κ2) is 13.8. The lowest BCUT2D eigenvalue weighted by Gasteiger charge is -2.43. The van der Waals surface area contributed by atoms with Crippen molar-refractivity contribution in [1.82, 2.24) is 0 Å². The Balaban J connectivity index is 1.08. The molecule has 68 heavy (non-hydrogen) atoms. The average Bonchev–Trinajstić information content (AvgIpc) is 4.05. The molecule has 10 aromatic rings. The molecule has 0 saturated carbocycles. The van der Waals surface area contributed by atoms with Crippen LogP contribution in [0.4, 0.5) is 17.1 Å². The first-order chi connectivity index (χ1) is 33.0. The molecule has 0 fully saturated rings. The zero-order valence-corrected chi connectivity index (χ0v) is 40.5. The first kappa shape index (κ1) is 40.1. The standard InChI is InChI=1S/C66H53NS/c1-63(2)35-36-64(3,4)57-39-55-49(38-56(57)63)48-37-40(33-34-53(48)66(55)51-27-13-7-19-41(51)42-20-8-14-28-52(42)66)67(59-31-18-25-46-44-22-11-16-32-60(44)68-62(46)59)58-30-15-10-21-43(58)45-24-17-29-54-61(45)47-23-9-12-26-50(47)65(54,5)6/h7-34,37-39H,35-36H2,1-6H3. The van der Waals surface area contributed by atoms with Gasteiger partial charge in [-0.1, -0.05) is 193 Å². The summed E-state index contributed by atoms with van der Waals surface area (Å²) >= 11 is 1.91. The molecule has 1 heterocycles. The quantitative estimate of drug-likeness (QED) is 0.170. The van der Waals surface area contributed by atoms with Gasteiger partial charge in [0.05, 0.1) is 21.5 Å². The van der Waals surface area contributed by atoms with E-state index in [0.29, 0.717) is 0 Å².